The number of ether oxygens (including phenoxy) is 1. The van der Waals surface area contributed by atoms with Gasteiger partial charge in [0.1, 0.15) is 6.61 Å². The van der Waals surface area contributed by atoms with Crippen molar-refractivity contribution in [2.75, 3.05) is 24.7 Å². The van der Waals surface area contributed by atoms with Gasteiger partial charge >= 0.3 is 0 Å². The summed E-state index contributed by atoms with van der Waals surface area (Å²) in [5.74, 6) is 2.25. The van der Waals surface area contributed by atoms with E-state index in [0.717, 1.165) is 18.6 Å². The minimum absolute atomic E-state index is 0.0287. The van der Waals surface area contributed by atoms with Gasteiger partial charge in [-0.2, -0.15) is 11.8 Å². The fourth-order valence-corrected chi connectivity index (χ4v) is 2.38. The first-order valence-electron chi connectivity index (χ1n) is 4.77. The van der Waals surface area contributed by atoms with Crippen LogP contribution in [0.5, 0.6) is 0 Å². The fraction of sp³-hybridized carbons (Fsp3) is 0.889. The summed E-state index contributed by atoms with van der Waals surface area (Å²) in [6.45, 7) is 2.92. The lowest BCUT2D eigenvalue weighted by Gasteiger charge is -2.10. The quantitative estimate of drug-likeness (QED) is 0.678. The summed E-state index contributed by atoms with van der Waals surface area (Å²) in [4.78, 5) is 11.2. The lowest BCUT2D eigenvalue weighted by atomic mass is 10.2. The second-order valence-corrected chi connectivity index (χ2v) is 4.33. The minimum atomic E-state index is 0.0287. The molecule has 4 heteroatoms. The third-order valence-electron chi connectivity index (χ3n) is 1.88. The van der Waals surface area contributed by atoms with Gasteiger partial charge in [0.2, 0.25) is 5.91 Å². The zero-order valence-electron chi connectivity index (χ0n) is 8.04. The predicted octanol–water partition coefficient (Wildman–Crippen LogP) is 1.03. The van der Waals surface area contributed by atoms with E-state index in [0.29, 0.717) is 12.6 Å². The Balaban J connectivity index is 2.02. The van der Waals surface area contributed by atoms with E-state index in [2.05, 4.69) is 5.32 Å². The summed E-state index contributed by atoms with van der Waals surface area (Å²) >= 11 is 1.90. The van der Waals surface area contributed by atoms with Crippen LogP contribution in [-0.2, 0) is 9.53 Å². The van der Waals surface area contributed by atoms with E-state index in [1.165, 1.54) is 5.75 Å². The third kappa shape index (κ3) is 4.52. The Bertz CT molecular complexity index is 158. The Kier molecular flexibility index (Phi) is 5.23. The highest BCUT2D eigenvalue weighted by molar-refractivity contribution is 7.99. The monoisotopic (exact) mass is 203 g/mol. The van der Waals surface area contributed by atoms with Crippen molar-refractivity contribution in [2.45, 2.75) is 25.8 Å². The van der Waals surface area contributed by atoms with Crippen molar-refractivity contribution in [3.05, 3.63) is 0 Å². The molecule has 0 radical (unpaired) electrons. The molecule has 1 fully saturated rings. The molecule has 1 rings (SSSR count). The molecule has 0 saturated carbocycles. The van der Waals surface area contributed by atoms with Gasteiger partial charge in [0, 0.05) is 18.4 Å². The molecule has 1 saturated heterocycles. The summed E-state index contributed by atoms with van der Waals surface area (Å²) in [5, 5.41) is 2.95. The van der Waals surface area contributed by atoms with E-state index < -0.39 is 0 Å². The van der Waals surface area contributed by atoms with Gasteiger partial charge < -0.3 is 10.1 Å². The molecule has 13 heavy (non-hydrogen) atoms. The number of nitrogens with one attached hydrogen (secondary N) is 1. The first-order valence-corrected chi connectivity index (χ1v) is 5.93. The van der Waals surface area contributed by atoms with Crippen molar-refractivity contribution in [3.63, 3.8) is 0 Å². The van der Waals surface area contributed by atoms with E-state index in [-0.39, 0.29) is 12.5 Å². The highest BCUT2D eigenvalue weighted by Gasteiger charge is 2.16. The van der Waals surface area contributed by atoms with E-state index in [4.69, 9.17) is 4.74 Å². The van der Waals surface area contributed by atoms with Crippen LogP contribution < -0.4 is 5.32 Å². The second-order valence-electron chi connectivity index (χ2n) is 3.18. The molecule has 76 valence electrons. The van der Waals surface area contributed by atoms with E-state index in [9.17, 15) is 4.79 Å². The first-order chi connectivity index (χ1) is 6.33. The largest absolute Gasteiger partial charge is 0.372 e. The SMILES string of the molecule is CCCOCC(=O)NC1CCSC1. The number of hydrogen-bond donors (Lipinski definition) is 1. The van der Waals surface area contributed by atoms with Crippen molar-refractivity contribution in [1.29, 1.82) is 0 Å². The summed E-state index contributed by atoms with van der Waals surface area (Å²) < 4.78 is 5.14. The Morgan fingerprint density at radius 3 is 3.15 bits per heavy atom. The van der Waals surface area contributed by atoms with Gasteiger partial charge in [-0.25, -0.2) is 0 Å². The lowest BCUT2D eigenvalue weighted by molar-refractivity contribution is -0.126. The van der Waals surface area contributed by atoms with Crippen molar-refractivity contribution in [2.24, 2.45) is 0 Å². The maximum Gasteiger partial charge on any atom is 0.246 e. The molecule has 1 atom stereocenters. The number of hydrogen-bond acceptors (Lipinski definition) is 3. The van der Waals surface area contributed by atoms with Crippen LogP contribution in [0.25, 0.3) is 0 Å². The minimum Gasteiger partial charge on any atom is -0.372 e. The molecule has 0 aromatic heterocycles. The van der Waals surface area contributed by atoms with Gasteiger partial charge in [0.05, 0.1) is 0 Å². The highest BCUT2D eigenvalue weighted by atomic mass is 32.2. The van der Waals surface area contributed by atoms with Gasteiger partial charge in [-0.05, 0) is 18.6 Å². The van der Waals surface area contributed by atoms with Gasteiger partial charge in [0.15, 0.2) is 0 Å². The summed E-state index contributed by atoms with van der Waals surface area (Å²) in [7, 11) is 0. The Labute approximate surface area is 83.6 Å². The number of rotatable bonds is 5. The molecular formula is C9H17NO2S. The fourth-order valence-electron chi connectivity index (χ4n) is 1.23. The molecule has 1 heterocycles. The van der Waals surface area contributed by atoms with Gasteiger partial charge in [-0.1, -0.05) is 6.92 Å². The Morgan fingerprint density at radius 1 is 1.69 bits per heavy atom. The van der Waals surface area contributed by atoms with E-state index in [1.807, 2.05) is 18.7 Å². The van der Waals surface area contributed by atoms with Gasteiger partial charge in [-0.3, -0.25) is 4.79 Å². The summed E-state index contributed by atoms with van der Waals surface area (Å²) in [6, 6.07) is 0.378. The zero-order valence-corrected chi connectivity index (χ0v) is 8.86. The Hall–Kier alpha value is -0.220. The van der Waals surface area contributed by atoms with Crippen LogP contribution in [0, 0.1) is 0 Å². The standard InChI is InChI=1S/C9H17NO2S/c1-2-4-12-6-9(11)10-8-3-5-13-7-8/h8H,2-7H2,1H3,(H,10,11). The third-order valence-corrected chi connectivity index (χ3v) is 3.04. The number of carbonyl (C=O) groups is 1. The van der Waals surface area contributed by atoms with Gasteiger partial charge in [0.25, 0.3) is 0 Å². The molecule has 3 nitrogen and oxygen atoms in total. The maximum absolute atomic E-state index is 11.2. The first kappa shape index (κ1) is 10.9. The van der Waals surface area contributed by atoms with Crippen molar-refractivity contribution in [3.8, 4) is 0 Å². The maximum atomic E-state index is 11.2. The number of amides is 1. The highest BCUT2D eigenvalue weighted by Crippen LogP contribution is 2.16. The zero-order chi connectivity index (χ0) is 9.52. The second kappa shape index (κ2) is 6.27. The van der Waals surface area contributed by atoms with Crippen molar-refractivity contribution < 1.29 is 9.53 Å². The van der Waals surface area contributed by atoms with Gasteiger partial charge in [-0.15, -0.1) is 0 Å². The Morgan fingerprint density at radius 2 is 2.54 bits per heavy atom. The summed E-state index contributed by atoms with van der Waals surface area (Å²) in [5.41, 5.74) is 0. The molecule has 0 aromatic rings. The molecule has 0 bridgehead atoms. The number of thioether (sulfide) groups is 1. The normalized spacial score (nSPS) is 21.8. The van der Waals surface area contributed by atoms with Crippen LogP contribution in [0.4, 0.5) is 0 Å². The van der Waals surface area contributed by atoms with Crippen LogP contribution in [0.3, 0.4) is 0 Å². The topological polar surface area (TPSA) is 38.3 Å². The molecule has 0 aliphatic carbocycles. The average molecular weight is 203 g/mol. The van der Waals surface area contributed by atoms with Crippen molar-refractivity contribution in [1.82, 2.24) is 5.32 Å². The van der Waals surface area contributed by atoms with Crippen LogP contribution >= 0.6 is 11.8 Å². The molecule has 0 spiro atoms. The smallest absolute Gasteiger partial charge is 0.246 e. The molecule has 1 N–H and O–H groups in total. The van der Waals surface area contributed by atoms with Crippen LogP contribution in [0.1, 0.15) is 19.8 Å². The average Bonchev–Trinajstić information content (AvgIpc) is 2.57. The van der Waals surface area contributed by atoms with Crippen LogP contribution in [0.2, 0.25) is 0 Å². The van der Waals surface area contributed by atoms with E-state index >= 15 is 0 Å². The molecule has 1 aliphatic rings. The lowest BCUT2D eigenvalue weighted by Crippen LogP contribution is -2.37. The van der Waals surface area contributed by atoms with Crippen molar-refractivity contribution >= 4 is 17.7 Å². The van der Waals surface area contributed by atoms with Crippen LogP contribution in [-0.4, -0.2) is 36.7 Å². The molecule has 1 aliphatic heterocycles. The predicted molar refractivity (Wildman–Crippen MR) is 55.0 cm³/mol. The van der Waals surface area contributed by atoms with E-state index in [1.54, 1.807) is 0 Å². The molecular weight excluding hydrogens is 186 g/mol. The molecule has 1 unspecified atom stereocenters. The summed E-state index contributed by atoms with van der Waals surface area (Å²) in [6.07, 6.45) is 2.07. The number of carbonyl (C=O) groups excluding carboxylic acids is 1. The molecule has 1 amide bonds. The van der Waals surface area contributed by atoms with Crippen LogP contribution in [0.15, 0.2) is 0 Å². The molecule has 0 aromatic carbocycles.